The van der Waals surface area contributed by atoms with Crippen LogP contribution in [0.5, 0.6) is 0 Å². The zero-order chi connectivity index (χ0) is 12.3. The first-order valence-corrected chi connectivity index (χ1v) is 6.02. The number of hydrogen-bond acceptors (Lipinski definition) is 3. The number of ether oxygens (including phenoxy) is 1. The zero-order valence-corrected chi connectivity index (χ0v) is 10.9. The molecule has 0 aliphatic rings. The molecule has 0 aliphatic heterocycles. The Kier molecular flexibility index (Phi) is 3.64. The van der Waals surface area contributed by atoms with Crippen LogP contribution in [-0.4, -0.2) is 12.6 Å². The molecule has 0 N–H and O–H groups in total. The van der Waals surface area contributed by atoms with Gasteiger partial charge in [-0.25, -0.2) is 4.79 Å². The van der Waals surface area contributed by atoms with Gasteiger partial charge in [-0.2, -0.15) is 0 Å². The van der Waals surface area contributed by atoms with E-state index >= 15 is 0 Å². The fourth-order valence-electron chi connectivity index (χ4n) is 1.46. The molecule has 2 rings (SSSR count). The van der Waals surface area contributed by atoms with E-state index in [1.807, 2.05) is 24.3 Å². The van der Waals surface area contributed by atoms with Crippen LogP contribution < -0.4 is 0 Å². The molecule has 1 aromatic heterocycles. The number of benzene rings is 1. The topological polar surface area (TPSA) is 39.4 Å². The quantitative estimate of drug-likeness (QED) is 0.639. The van der Waals surface area contributed by atoms with Gasteiger partial charge in [-0.1, -0.05) is 15.9 Å². The average molecular weight is 295 g/mol. The monoisotopic (exact) mass is 294 g/mol. The third kappa shape index (κ3) is 2.97. The molecule has 0 fully saturated rings. The third-order valence-electron chi connectivity index (χ3n) is 2.17. The Labute approximate surface area is 107 Å². The normalized spacial score (nSPS) is 11.2. The van der Waals surface area contributed by atoms with Crippen molar-refractivity contribution in [2.45, 2.75) is 6.92 Å². The minimum absolute atomic E-state index is 0.367. The molecule has 0 atom stereocenters. The first-order valence-electron chi connectivity index (χ1n) is 5.23. The van der Waals surface area contributed by atoms with E-state index < -0.39 is 0 Å². The van der Waals surface area contributed by atoms with Crippen LogP contribution in [0.1, 0.15) is 12.7 Å². The summed E-state index contributed by atoms with van der Waals surface area (Å²) in [4.78, 5) is 11.1. The van der Waals surface area contributed by atoms with Crippen molar-refractivity contribution in [2.75, 3.05) is 6.61 Å². The van der Waals surface area contributed by atoms with Crippen LogP contribution >= 0.6 is 15.9 Å². The SMILES string of the molecule is CCOC(=O)/C=C/c1cc2cc(Br)ccc2o1. The van der Waals surface area contributed by atoms with Gasteiger partial charge in [0.25, 0.3) is 0 Å². The lowest BCUT2D eigenvalue weighted by molar-refractivity contribution is -0.137. The Morgan fingerprint density at radius 3 is 3.06 bits per heavy atom. The zero-order valence-electron chi connectivity index (χ0n) is 9.27. The van der Waals surface area contributed by atoms with Gasteiger partial charge in [0.2, 0.25) is 0 Å². The summed E-state index contributed by atoms with van der Waals surface area (Å²) >= 11 is 3.39. The molecule has 0 amide bonds. The van der Waals surface area contributed by atoms with Gasteiger partial charge in [-0.05, 0) is 37.3 Å². The van der Waals surface area contributed by atoms with Gasteiger partial charge in [0.15, 0.2) is 0 Å². The van der Waals surface area contributed by atoms with Crippen molar-refractivity contribution in [2.24, 2.45) is 0 Å². The molecule has 0 unspecified atom stereocenters. The van der Waals surface area contributed by atoms with Crippen LogP contribution in [0.4, 0.5) is 0 Å². The highest BCUT2D eigenvalue weighted by Crippen LogP contribution is 2.23. The summed E-state index contributed by atoms with van der Waals surface area (Å²) < 4.78 is 11.3. The van der Waals surface area contributed by atoms with Crippen molar-refractivity contribution in [1.29, 1.82) is 0 Å². The first kappa shape index (κ1) is 11.9. The molecule has 0 saturated carbocycles. The summed E-state index contributed by atoms with van der Waals surface area (Å²) in [6, 6.07) is 7.61. The summed E-state index contributed by atoms with van der Waals surface area (Å²) in [5.74, 6) is 0.264. The van der Waals surface area contributed by atoms with Crippen molar-refractivity contribution < 1.29 is 13.9 Å². The molecule has 1 aromatic carbocycles. The molecule has 88 valence electrons. The fraction of sp³-hybridized carbons (Fsp3) is 0.154. The van der Waals surface area contributed by atoms with Crippen LogP contribution in [0.15, 0.2) is 39.2 Å². The molecule has 1 heterocycles. The number of hydrogen-bond donors (Lipinski definition) is 0. The second kappa shape index (κ2) is 5.19. The molecule has 0 aliphatic carbocycles. The minimum Gasteiger partial charge on any atom is -0.463 e. The highest BCUT2D eigenvalue weighted by atomic mass is 79.9. The number of furan rings is 1. The number of fused-ring (bicyclic) bond motifs is 1. The van der Waals surface area contributed by atoms with E-state index in [1.165, 1.54) is 6.08 Å². The van der Waals surface area contributed by atoms with Crippen molar-refractivity contribution >= 4 is 38.9 Å². The molecule has 0 spiro atoms. The van der Waals surface area contributed by atoms with Crippen LogP contribution in [0, 0.1) is 0 Å². The van der Waals surface area contributed by atoms with Gasteiger partial charge < -0.3 is 9.15 Å². The van der Waals surface area contributed by atoms with Crippen molar-refractivity contribution in [1.82, 2.24) is 0 Å². The first-order chi connectivity index (χ1) is 8.19. The van der Waals surface area contributed by atoms with E-state index in [1.54, 1.807) is 13.0 Å². The Morgan fingerprint density at radius 1 is 1.47 bits per heavy atom. The molecule has 4 heteroatoms. The molecular formula is C13H11BrO3. The fourth-order valence-corrected chi connectivity index (χ4v) is 1.84. The summed E-state index contributed by atoms with van der Waals surface area (Å²) in [5.41, 5.74) is 0.789. The lowest BCUT2D eigenvalue weighted by Crippen LogP contribution is -1.98. The predicted octanol–water partition coefficient (Wildman–Crippen LogP) is 3.77. The Morgan fingerprint density at radius 2 is 2.29 bits per heavy atom. The lowest BCUT2D eigenvalue weighted by atomic mass is 10.2. The minimum atomic E-state index is -0.367. The maximum atomic E-state index is 11.1. The van der Waals surface area contributed by atoms with E-state index in [0.717, 1.165) is 15.4 Å². The number of halogens is 1. The second-order valence-electron chi connectivity index (χ2n) is 3.42. The number of carbonyl (C=O) groups excluding carboxylic acids is 1. The number of rotatable bonds is 3. The molecule has 2 aromatic rings. The van der Waals surface area contributed by atoms with E-state index in [2.05, 4.69) is 15.9 Å². The van der Waals surface area contributed by atoms with Crippen LogP contribution in [0.3, 0.4) is 0 Å². The standard InChI is InChI=1S/C13H11BrO3/c1-2-16-13(15)6-4-11-8-9-7-10(14)3-5-12(9)17-11/h3-8H,2H2,1H3/b6-4+. The van der Waals surface area contributed by atoms with Gasteiger partial charge in [0.05, 0.1) is 6.61 Å². The highest BCUT2D eigenvalue weighted by molar-refractivity contribution is 9.10. The summed E-state index contributed by atoms with van der Waals surface area (Å²) in [7, 11) is 0. The Balaban J connectivity index is 2.22. The van der Waals surface area contributed by atoms with E-state index in [9.17, 15) is 4.79 Å². The average Bonchev–Trinajstić information content (AvgIpc) is 2.68. The molecule has 0 radical (unpaired) electrons. The third-order valence-corrected chi connectivity index (χ3v) is 2.66. The molecule has 0 bridgehead atoms. The smallest absolute Gasteiger partial charge is 0.330 e. The maximum absolute atomic E-state index is 11.1. The highest BCUT2D eigenvalue weighted by Gasteiger charge is 2.02. The van der Waals surface area contributed by atoms with Gasteiger partial charge in [0, 0.05) is 15.9 Å². The number of esters is 1. The maximum Gasteiger partial charge on any atom is 0.330 e. The molecule has 3 nitrogen and oxygen atoms in total. The molecular weight excluding hydrogens is 284 g/mol. The van der Waals surface area contributed by atoms with Crippen molar-refractivity contribution in [3.8, 4) is 0 Å². The van der Waals surface area contributed by atoms with Crippen molar-refractivity contribution in [3.63, 3.8) is 0 Å². The predicted molar refractivity (Wildman–Crippen MR) is 69.6 cm³/mol. The van der Waals surface area contributed by atoms with Crippen LogP contribution in [0.25, 0.3) is 17.0 Å². The summed E-state index contributed by atoms with van der Waals surface area (Å²) in [6.45, 7) is 2.14. The largest absolute Gasteiger partial charge is 0.463 e. The summed E-state index contributed by atoms with van der Waals surface area (Å²) in [6.07, 6.45) is 2.96. The van der Waals surface area contributed by atoms with Gasteiger partial charge in [-0.3, -0.25) is 0 Å². The van der Waals surface area contributed by atoms with E-state index in [-0.39, 0.29) is 5.97 Å². The van der Waals surface area contributed by atoms with E-state index in [4.69, 9.17) is 9.15 Å². The van der Waals surface area contributed by atoms with Crippen LogP contribution in [0.2, 0.25) is 0 Å². The van der Waals surface area contributed by atoms with Gasteiger partial charge in [-0.15, -0.1) is 0 Å². The number of carbonyl (C=O) groups is 1. The van der Waals surface area contributed by atoms with E-state index in [0.29, 0.717) is 12.4 Å². The molecule has 17 heavy (non-hydrogen) atoms. The van der Waals surface area contributed by atoms with Gasteiger partial charge >= 0.3 is 5.97 Å². The molecule has 0 saturated heterocycles. The Bertz CT molecular complexity index is 569. The van der Waals surface area contributed by atoms with Crippen molar-refractivity contribution in [3.05, 3.63) is 40.6 Å². The Hall–Kier alpha value is -1.55. The second-order valence-corrected chi connectivity index (χ2v) is 4.33. The van der Waals surface area contributed by atoms with Crippen LogP contribution in [-0.2, 0) is 9.53 Å². The summed E-state index contributed by atoms with van der Waals surface area (Å²) in [5, 5.41) is 0.989. The van der Waals surface area contributed by atoms with Gasteiger partial charge in [0.1, 0.15) is 11.3 Å². The lowest BCUT2D eigenvalue weighted by Gasteiger charge is -1.92.